The number of rotatable bonds is 7. The summed E-state index contributed by atoms with van der Waals surface area (Å²) in [6.45, 7) is 7.55. The van der Waals surface area contributed by atoms with E-state index >= 15 is 0 Å². The van der Waals surface area contributed by atoms with Crippen molar-refractivity contribution in [3.05, 3.63) is 29.8 Å². The van der Waals surface area contributed by atoms with Gasteiger partial charge in [0.05, 0.1) is 6.61 Å². The number of anilines is 1. The first-order valence-corrected chi connectivity index (χ1v) is 6.64. The molecule has 0 aliphatic rings. The SMILES string of the molecule is CCc1ccccc1NCC(CC)(CC)CO. The maximum Gasteiger partial charge on any atom is 0.0504 e. The minimum Gasteiger partial charge on any atom is -0.396 e. The van der Waals surface area contributed by atoms with Crippen LogP contribution in [0.2, 0.25) is 0 Å². The summed E-state index contributed by atoms with van der Waals surface area (Å²) in [7, 11) is 0. The average Bonchev–Trinajstić information content (AvgIpc) is 2.41. The molecule has 0 amide bonds. The van der Waals surface area contributed by atoms with Crippen LogP contribution < -0.4 is 5.32 Å². The Hall–Kier alpha value is -1.02. The van der Waals surface area contributed by atoms with Gasteiger partial charge in [0.2, 0.25) is 0 Å². The van der Waals surface area contributed by atoms with Crippen molar-refractivity contribution in [3.8, 4) is 0 Å². The van der Waals surface area contributed by atoms with Gasteiger partial charge in [-0.15, -0.1) is 0 Å². The smallest absolute Gasteiger partial charge is 0.0504 e. The lowest BCUT2D eigenvalue weighted by Gasteiger charge is -2.30. The zero-order valence-electron chi connectivity index (χ0n) is 11.3. The number of nitrogens with one attached hydrogen (secondary N) is 1. The van der Waals surface area contributed by atoms with E-state index in [4.69, 9.17) is 0 Å². The van der Waals surface area contributed by atoms with Crippen LogP contribution in [-0.2, 0) is 6.42 Å². The summed E-state index contributed by atoms with van der Waals surface area (Å²) in [6.07, 6.45) is 3.04. The third kappa shape index (κ3) is 3.47. The van der Waals surface area contributed by atoms with Gasteiger partial charge in [-0.25, -0.2) is 0 Å². The van der Waals surface area contributed by atoms with Crippen LogP contribution in [0.5, 0.6) is 0 Å². The monoisotopic (exact) mass is 235 g/mol. The van der Waals surface area contributed by atoms with Crippen LogP contribution in [-0.4, -0.2) is 18.3 Å². The molecule has 0 radical (unpaired) electrons. The Morgan fingerprint density at radius 1 is 1.12 bits per heavy atom. The quantitative estimate of drug-likeness (QED) is 0.758. The molecule has 1 aromatic rings. The summed E-state index contributed by atoms with van der Waals surface area (Å²) in [6, 6.07) is 8.40. The summed E-state index contributed by atoms with van der Waals surface area (Å²) in [5.74, 6) is 0. The fourth-order valence-electron chi connectivity index (χ4n) is 2.06. The van der Waals surface area contributed by atoms with Gasteiger partial charge in [0.25, 0.3) is 0 Å². The molecule has 0 heterocycles. The largest absolute Gasteiger partial charge is 0.396 e. The van der Waals surface area contributed by atoms with E-state index in [0.717, 1.165) is 25.8 Å². The molecule has 1 aromatic carbocycles. The molecule has 0 saturated carbocycles. The van der Waals surface area contributed by atoms with Crippen LogP contribution in [0, 0.1) is 5.41 Å². The maximum atomic E-state index is 9.54. The van der Waals surface area contributed by atoms with Gasteiger partial charge < -0.3 is 10.4 Å². The summed E-state index contributed by atoms with van der Waals surface area (Å²) in [4.78, 5) is 0. The zero-order chi connectivity index (χ0) is 12.7. The Balaban J connectivity index is 2.71. The minimum absolute atomic E-state index is 0.0147. The second-order valence-corrected chi connectivity index (χ2v) is 4.73. The van der Waals surface area contributed by atoms with Crippen LogP contribution in [0.4, 0.5) is 5.69 Å². The molecule has 0 aliphatic carbocycles. The topological polar surface area (TPSA) is 32.3 Å². The lowest BCUT2D eigenvalue weighted by molar-refractivity contribution is 0.127. The highest BCUT2D eigenvalue weighted by atomic mass is 16.3. The molecule has 1 rings (SSSR count). The molecule has 0 spiro atoms. The minimum atomic E-state index is 0.0147. The number of aliphatic hydroxyl groups excluding tert-OH is 1. The van der Waals surface area contributed by atoms with Gasteiger partial charge >= 0.3 is 0 Å². The van der Waals surface area contributed by atoms with Crippen molar-refractivity contribution in [2.75, 3.05) is 18.5 Å². The maximum absolute atomic E-state index is 9.54. The van der Waals surface area contributed by atoms with E-state index in [-0.39, 0.29) is 12.0 Å². The van der Waals surface area contributed by atoms with E-state index in [2.05, 4.69) is 50.4 Å². The van der Waals surface area contributed by atoms with E-state index in [0.29, 0.717) is 0 Å². The van der Waals surface area contributed by atoms with Crippen molar-refractivity contribution in [2.24, 2.45) is 5.41 Å². The van der Waals surface area contributed by atoms with E-state index in [9.17, 15) is 5.11 Å². The third-order valence-corrected chi connectivity index (χ3v) is 3.89. The van der Waals surface area contributed by atoms with E-state index < -0.39 is 0 Å². The van der Waals surface area contributed by atoms with Gasteiger partial charge in [-0.3, -0.25) is 0 Å². The first-order chi connectivity index (χ1) is 8.21. The first kappa shape index (κ1) is 14.0. The van der Waals surface area contributed by atoms with Crippen molar-refractivity contribution in [1.29, 1.82) is 0 Å². The molecular formula is C15H25NO. The van der Waals surface area contributed by atoms with Crippen LogP contribution in [0.1, 0.15) is 39.2 Å². The average molecular weight is 235 g/mol. The number of para-hydroxylation sites is 1. The van der Waals surface area contributed by atoms with Gasteiger partial charge in [-0.2, -0.15) is 0 Å². The number of benzene rings is 1. The zero-order valence-corrected chi connectivity index (χ0v) is 11.3. The summed E-state index contributed by atoms with van der Waals surface area (Å²) < 4.78 is 0. The summed E-state index contributed by atoms with van der Waals surface area (Å²) >= 11 is 0. The number of hydrogen-bond donors (Lipinski definition) is 2. The molecule has 0 unspecified atom stereocenters. The van der Waals surface area contributed by atoms with Gasteiger partial charge in [0.1, 0.15) is 0 Å². The molecule has 2 nitrogen and oxygen atoms in total. The molecule has 0 saturated heterocycles. The molecule has 2 heteroatoms. The molecule has 2 N–H and O–H groups in total. The predicted octanol–water partition coefficient (Wildman–Crippen LogP) is 3.46. The molecule has 96 valence electrons. The molecule has 0 aliphatic heterocycles. The Morgan fingerprint density at radius 2 is 1.76 bits per heavy atom. The highest BCUT2D eigenvalue weighted by Crippen LogP contribution is 2.27. The fraction of sp³-hybridized carbons (Fsp3) is 0.600. The summed E-state index contributed by atoms with van der Waals surface area (Å²) in [5.41, 5.74) is 2.56. The second-order valence-electron chi connectivity index (χ2n) is 4.73. The molecule has 0 atom stereocenters. The van der Waals surface area contributed by atoms with Crippen molar-refractivity contribution in [3.63, 3.8) is 0 Å². The number of aryl methyl sites for hydroxylation is 1. The van der Waals surface area contributed by atoms with Crippen LogP contribution in [0.3, 0.4) is 0 Å². The van der Waals surface area contributed by atoms with Crippen molar-refractivity contribution in [1.82, 2.24) is 0 Å². The second kappa shape index (κ2) is 6.65. The summed E-state index contributed by atoms with van der Waals surface area (Å²) in [5, 5.41) is 13.0. The van der Waals surface area contributed by atoms with Gasteiger partial charge in [-0.1, -0.05) is 39.0 Å². The van der Waals surface area contributed by atoms with E-state index in [1.165, 1.54) is 11.3 Å². The number of aliphatic hydroxyl groups is 1. The Bertz CT molecular complexity index is 323. The molecule has 0 aromatic heterocycles. The normalized spacial score (nSPS) is 11.5. The molecule has 0 bridgehead atoms. The van der Waals surface area contributed by atoms with Crippen LogP contribution in [0.15, 0.2) is 24.3 Å². The lowest BCUT2D eigenvalue weighted by Crippen LogP contribution is -2.32. The van der Waals surface area contributed by atoms with Gasteiger partial charge in [0, 0.05) is 17.6 Å². The standard InChI is InChI=1S/C15H25NO/c1-4-13-9-7-8-10-14(13)16-11-15(5-2,6-3)12-17/h7-10,16-17H,4-6,11-12H2,1-3H3. The van der Waals surface area contributed by atoms with Crippen LogP contribution >= 0.6 is 0 Å². The van der Waals surface area contributed by atoms with Gasteiger partial charge in [0.15, 0.2) is 0 Å². The molecule has 0 fully saturated rings. The van der Waals surface area contributed by atoms with Crippen molar-refractivity contribution < 1.29 is 5.11 Å². The van der Waals surface area contributed by atoms with Crippen molar-refractivity contribution >= 4 is 5.69 Å². The van der Waals surface area contributed by atoms with Crippen molar-refractivity contribution in [2.45, 2.75) is 40.0 Å². The highest BCUT2D eigenvalue weighted by Gasteiger charge is 2.24. The third-order valence-electron chi connectivity index (χ3n) is 3.89. The molecular weight excluding hydrogens is 210 g/mol. The predicted molar refractivity (Wildman–Crippen MR) is 74.4 cm³/mol. The van der Waals surface area contributed by atoms with Gasteiger partial charge in [-0.05, 0) is 30.9 Å². The Kier molecular flexibility index (Phi) is 5.49. The Labute approximate surface area is 105 Å². The van der Waals surface area contributed by atoms with E-state index in [1.807, 2.05) is 0 Å². The lowest BCUT2D eigenvalue weighted by atomic mass is 9.83. The Morgan fingerprint density at radius 3 is 2.29 bits per heavy atom. The molecule has 17 heavy (non-hydrogen) atoms. The van der Waals surface area contributed by atoms with E-state index in [1.54, 1.807) is 0 Å². The van der Waals surface area contributed by atoms with Crippen LogP contribution in [0.25, 0.3) is 0 Å². The first-order valence-electron chi connectivity index (χ1n) is 6.64. The highest BCUT2D eigenvalue weighted by molar-refractivity contribution is 5.51. The fourth-order valence-corrected chi connectivity index (χ4v) is 2.06. The number of hydrogen-bond acceptors (Lipinski definition) is 2.